The van der Waals surface area contributed by atoms with Gasteiger partial charge in [0, 0.05) is 19.6 Å². The quantitative estimate of drug-likeness (QED) is 0.511. The van der Waals surface area contributed by atoms with Gasteiger partial charge in [0.1, 0.15) is 5.82 Å². The van der Waals surface area contributed by atoms with Crippen molar-refractivity contribution < 1.29 is 14.4 Å². The van der Waals surface area contributed by atoms with Crippen molar-refractivity contribution in [1.82, 2.24) is 20.1 Å². The summed E-state index contributed by atoms with van der Waals surface area (Å²) in [5.41, 5.74) is 2.73. The third-order valence-electron chi connectivity index (χ3n) is 5.45. The van der Waals surface area contributed by atoms with E-state index in [1.807, 2.05) is 26.8 Å². The van der Waals surface area contributed by atoms with Crippen LogP contribution in [-0.2, 0) is 4.57 Å². The van der Waals surface area contributed by atoms with E-state index in [9.17, 15) is 9.67 Å². The van der Waals surface area contributed by atoms with Gasteiger partial charge >= 0.3 is 0 Å². The minimum absolute atomic E-state index is 0.00741. The molecule has 1 fully saturated rings. The van der Waals surface area contributed by atoms with Crippen LogP contribution in [0.1, 0.15) is 42.0 Å². The van der Waals surface area contributed by atoms with Crippen LogP contribution in [0, 0.1) is 26.2 Å². The van der Waals surface area contributed by atoms with Crippen LogP contribution < -0.4 is 20.2 Å². The minimum Gasteiger partial charge on any atom is -0.504 e. The number of ether oxygens (including phenoxy) is 1. The highest BCUT2D eigenvalue weighted by Crippen LogP contribution is 2.55. The number of anilines is 1. The Morgan fingerprint density at radius 2 is 1.93 bits per heavy atom. The van der Waals surface area contributed by atoms with Crippen LogP contribution in [0.5, 0.6) is 11.5 Å². The molecule has 0 aliphatic carbocycles. The summed E-state index contributed by atoms with van der Waals surface area (Å²) in [6.07, 6.45) is 1.71. The van der Waals surface area contributed by atoms with Crippen molar-refractivity contribution in [3.63, 3.8) is 0 Å². The van der Waals surface area contributed by atoms with E-state index in [-0.39, 0.29) is 11.2 Å². The number of phenols is 1. The summed E-state index contributed by atoms with van der Waals surface area (Å²) in [6.45, 7) is 11.5. The van der Waals surface area contributed by atoms with Gasteiger partial charge in [-0.1, -0.05) is 19.9 Å². The average molecular weight is 433 g/mol. The van der Waals surface area contributed by atoms with Crippen molar-refractivity contribution in [2.24, 2.45) is 5.41 Å². The molecule has 0 saturated carbocycles. The molecular formula is C21H32N5O3P. The molecule has 1 aliphatic heterocycles. The number of rotatable bonds is 6. The Morgan fingerprint density at radius 1 is 1.27 bits per heavy atom. The second-order valence-electron chi connectivity index (χ2n) is 8.72. The molecule has 164 valence electrons. The van der Waals surface area contributed by atoms with Gasteiger partial charge in [-0.25, -0.2) is 4.98 Å². The van der Waals surface area contributed by atoms with Gasteiger partial charge in [-0.2, -0.15) is 0 Å². The summed E-state index contributed by atoms with van der Waals surface area (Å²) in [4.78, 5) is 8.88. The van der Waals surface area contributed by atoms with Crippen LogP contribution >= 0.6 is 7.44 Å². The molecule has 2 heterocycles. The fraction of sp³-hybridized carbons (Fsp3) is 0.524. The Morgan fingerprint density at radius 3 is 2.53 bits per heavy atom. The summed E-state index contributed by atoms with van der Waals surface area (Å²) in [7, 11) is -1.49. The summed E-state index contributed by atoms with van der Waals surface area (Å²) in [5, 5.41) is 20.1. The first kappa shape index (κ1) is 22.5. The first-order valence-electron chi connectivity index (χ1n) is 10.1. The fourth-order valence-electron chi connectivity index (χ4n) is 3.54. The Labute approximate surface area is 178 Å². The lowest BCUT2D eigenvalue weighted by atomic mass is 9.94. The third-order valence-corrected chi connectivity index (χ3v) is 8.06. The van der Waals surface area contributed by atoms with Crippen LogP contribution in [0.15, 0.2) is 18.3 Å². The number of aryl methyl sites for hydroxylation is 3. The van der Waals surface area contributed by atoms with Gasteiger partial charge in [0.2, 0.25) is 7.44 Å². The van der Waals surface area contributed by atoms with Crippen molar-refractivity contribution in [2.75, 3.05) is 32.1 Å². The van der Waals surface area contributed by atoms with Gasteiger partial charge in [0.25, 0.3) is 0 Å². The summed E-state index contributed by atoms with van der Waals surface area (Å²) >= 11 is 0. The molecule has 2 aromatic rings. The maximum atomic E-state index is 14.0. The normalized spacial score (nSPS) is 18.6. The van der Waals surface area contributed by atoms with Gasteiger partial charge in [0.05, 0.1) is 30.4 Å². The van der Waals surface area contributed by atoms with E-state index >= 15 is 0 Å². The van der Waals surface area contributed by atoms with Crippen LogP contribution in [0.3, 0.4) is 0 Å². The highest BCUT2D eigenvalue weighted by molar-refractivity contribution is 7.60. The third kappa shape index (κ3) is 4.77. The molecule has 1 aliphatic rings. The topological polar surface area (TPSA) is 108 Å². The van der Waals surface area contributed by atoms with E-state index in [0.29, 0.717) is 36.8 Å². The second-order valence-corrected chi connectivity index (χ2v) is 11.3. The first-order valence-corrected chi connectivity index (χ1v) is 11.8. The Bertz CT molecular complexity index is 965. The maximum absolute atomic E-state index is 14.0. The number of nitrogens with one attached hydrogen (secondary N) is 3. The lowest BCUT2D eigenvalue weighted by Gasteiger charge is -2.40. The Balaban J connectivity index is 1.97. The van der Waals surface area contributed by atoms with E-state index in [1.165, 1.54) is 7.11 Å². The number of phenolic OH excluding ortho intramolecular Hbond substituents is 1. The SMILES string of the molecule is COc1cc(C(CNc2ncc(C)nc2C)P2(=O)NCC(C)(C)CN2)cc(C)c1O. The van der Waals surface area contributed by atoms with Crippen LogP contribution in [0.2, 0.25) is 0 Å². The predicted octanol–water partition coefficient (Wildman–Crippen LogP) is 3.68. The zero-order chi connectivity index (χ0) is 22.1. The van der Waals surface area contributed by atoms with Crippen LogP contribution in [-0.4, -0.2) is 41.8 Å². The second kappa shape index (κ2) is 8.53. The molecule has 1 atom stereocenters. The molecule has 3 rings (SSSR count). The predicted molar refractivity (Wildman–Crippen MR) is 120 cm³/mol. The van der Waals surface area contributed by atoms with Crippen LogP contribution in [0.25, 0.3) is 0 Å². The van der Waals surface area contributed by atoms with Crippen molar-refractivity contribution in [3.05, 3.63) is 40.8 Å². The molecule has 30 heavy (non-hydrogen) atoms. The van der Waals surface area contributed by atoms with Crippen molar-refractivity contribution in [1.29, 1.82) is 0 Å². The summed E-state index contributed by atoms with van der Waals surface area (Å²) in [5.74, 6) is 1.12. The fourth-order valence-corrected chi connectivity index (χ4v) is 6.34. The van der Waals surface area contributed by atoms with E-state index < -0.39 is 13.1 Å². The molecule has 1 aromatic heterocycles. The molecule has 0 radical (unpaired) electrons. The van der Waals surface area contributed by atoms with Crippen molar-refractivity contribution in [2.45, 2.75) is 40.3 Å². The molecule has 8 nitrogen and oxygen atoms in total. The highest BCUT2D eigenvalue weighted by Gasteiger charge is 2.40. The minimum atomic E-state index is -3.00. The van der Waals surface area contributed by atoms with E-state index in [1.54, 1.807) is 12.3 Å². The Kier molecular flexibility index (Phi) is 6.41. The van der Waals surface area contributed by atoms with E-state index in [0.717, 1.165) is 17.0 Å². The van der Waals surface area contributed by atoms with E-state index in [2.05, 4.69) is 39.3 Å². The van der Waals surface area contributed by atoms with Gasteiger partial charge in [-0.15, -0.1) is 0 Å². The molecule has 0 amide bonds. The molecule has 1 aromatic carbocycles. The van der Waals surface area contributed by atoms with E-state index in [4.69, 9.17) is 4.74 Å². The lowest BCUT2D eigenvalue weighted by molar-refractivity contribution is 0.335. The number of methoxy groups -OCH3 is 1. The standard InChI is InChI=1S/C21H32N5O3P/c1-13-7-16(8-17(29-6)19(13)27)18(30(28)24-11-21(4,5)12-25-30)10-23-20-15(3)26-14(2)9-22-20/h7-9,18,27H,10-12H2,1-6H3,(H,22,23)(H2,24,25,28). The number of nitrogens with zero attached hydrogens (tertiary/aromatic N) is 2. The van der Waals surface area contributed by atoms with Crippen LogP contribution in [0.4, 0.5) is 5.82 Å². The average Bonchev–Trinajstić information content (AvgIpc) is 2.68. The number of hydrogen-bond donors (Lipinski definition) is 4. The largest absolute Gasteiger partial charge is 0.504 e. The van der Waals surface area contributed by atoms with Gasteiger partial charge in [-0.3, -0.25) is 19.7 Å². The number of hydrogen-bond acceptors (Lipinski definition) is 6. The molecule has 4 N–H and O–H groups in total. The molecular weight excluding hydrogens is 401 g/mol. The molecule has 0 bridgehead atoms. The Hall–Kier alpha value is -2.15. The van der Waals surface area contributed by atoms with Crippen molar-refractivity contribution >= 4 is 13.3 Å². The molecule has 9 heteroatoms. The lowest BCUT2D eigenvalue weighted by Crippen LogP contribution is -2.46. The zero-order valence-electron chi connectivity index (χ0n) is 18.5. The number of benzene rings is 1. The van der Waals surface area contributed by atoms with Gasteiger partial charge in [-0.05, 0) is 43.4 Å². The number of aromatic hydroxyl groups is 1. The first-order chi connectivity index (χ1) is 14.0. The zero-order valence-corrected chi connectivity index (χ0v) is 19.4. The smallest absolute Gasteiger partial charge is 0.220 e. The highest BCUT2D eigenvalue weighted by atomic mass is 31.2. The maximum Gasteiger partial charge on any atom is 0.220 e. The summed E-state index contributed by atoms with van der Waals surface area (Å²) < 4.78 is 19.3. The van der Waals surface area contributed by atoms with Gasteiger partial charge < -0.3 is 15.2 Å². The van der Waals surface area contributed by atoms with Crippen molar-refractivity contribution in [3.8, 4) is 11.5 Å². The van der Waals surface area contributed by atoms with Gasteiger partial charge in [0.15, 0.2) is 11.5 Å². The molecule has 1 saturated heterocycles. The molecule has 1 unspecified atom stereocenters. The molecule has 0 spiro atoms. The monoisotopic (exact) mass is 433 g/mol. The number of aromatic nitrogens is 2. The summed E-state index contributed by atoms with van der Waals surface area (Å²) in [6, 6.07) is 3.62.